The summed E-state index contributed by atoms with van der Waals surface area (Å²) in [6, 6.07) is 7.07. The highest BCUT2D eigenvalue weighted by molar-refractivity contribution is 5.94. The van der Waals surface area contributed by atoms with E-state index in [4.69, 9.17) is 4.74 Å². The fourth-order valence-corrected chi connectivity index (χ4v) is 2.74. The molecule has 0 unspecified atom stereocenters. The maximum atomic E-state index is 12.4. The molecule has 1 aromatic carbocycles. The van der Waals surface area contributed by atoms with E-state index in [0.29, 0.717) is 5.56 Å². The highest BCUT2D eigenvalue weighted by atomic mass is 16.6. The summed E-state index contributed by atoms with van der Waals surface area (Å²) < 4.78 is 9.75. The maximum Gasteiger partial charge on any atom is 0.331 e. The molecule has 1 aromatic rings. The number of esters is 2. The first-order valence-electron chi connectivity index (χ1n) is 7.18. The minimum absolute atomic E-state index is 0.537. The number of hydrogen-bond donors (Lipinski definition) is 1. The van der Waals surface area contributed by atoms with Crippen molar-refractivity contribution in [3.8, 4) is 0 Å². The first-order chi connectivity index (χ1) is 10.9. The molecular formula is C16H19NO6. The van der Waals surface area contributed by atoms with Gasteiger partial charge in [0.15, 0.2) is 6.04 Å². The van der Waals surface area contributed by atoms with Gasteiger partial charge in [-0.15, -0.1) is 0 Å². The number of carbonyl (C=O) groups is 3. The molecule has 23 heavy (non-hydrogen) atoms. The van der Waals surface area contributed by atoms with Crippen molar-refractivity contribution in [2.45, 2.75) is 38.1 Å². The summed E-state index contributed by atoms with van der Waals surface area (Å²) in [4.78, 5) is 36.8. The van der Waals surface area contributed by atoms with Crippen LogP contribution in [0, 0.1) is 0 Å². The number of benzene rings is 1. The van der Waals surface area contributed by atoms with Crippen LogP contribution >= 0.6 is 0 Å². The predicted octanol–water partition coefficient (Wildman–Crippen LogP) is 0.424. The third-order valence-electron chi connectivity index (χ3n) is 3.72. The molecule has 1 saturated heterocycles. The van der Waals surface area contributed by atoms with Gasteiger partial charge in [0.2, 0.25) is 6.10 Å². The lowest BCUT2D eigenvalue weighted by atomic mass is 9.87. The number of hydrogen-bond acceptors (Lipinski definition) is 6. The minimum Gasteiger partial charge on any atom is -0.467 e. The molecule has 0 aromatic heterocycles. The molecule has 0 bridgehead atoms. The average Bonchev–Trinajstić information content (AvgIpc) is 2.52. The van der Waals surface area contributed by atoms with Gasteiger partial charge < -0.3 is 19.5 Å². The van der Waals surface area contributed by atoms with Gasteiger partial charge in [-0.2, -0.15) is 0 Å². The van der Waals surface area contributed by atoms with Crippen molar-refractivity contribution in [1.82, 2.24) is 4.90 Å². The average molecular weight is 321 g/mol. The second-order valence-electron chi connectivity index (χ2n) is 5.34. The van der Waals surface area contributed by atoms with E-state index in [0.717, 1.165) is 0 Å². The molecule has 4 atom stereocenters. The van der Waals surface area contributed by atoms with Gasteiger partial charge in [-0.05, 0) is 12.5 Å². The van der Waals surface area contributed by atoms with Crippen molar-refractivity contribution < 1.29 is 29.0 Å². The Hall–Kier alpha value is -2.41. The Kier molecular flexibility index (Phi) is 5.00. The summed E-state index contributed by atoms with van der Waals surface area (Å²) in [5, 5.41) is 9.90. The van der Waals surface area contributed by atoms with Gasteiger partial charge in [0.05, 0.1) is 13.2 Å². The monoisotopic (exact) mass is 321 g/mol. The molecule has 1 amide bonds. The summed E-state index contributed by atoms with van der Waals surface area (Å²) in [7, 11) is 1.18. The van der Waals surface area contributed by atoms with Crippen LogP contribution in [0.2, 0.25) is 0 Å². The Morgan fingerprint density at radius 3 is 2.35 bits per heavy atom. The number of ether oxygens (including phenoxy) is 2. The minimum atomic E-state index is -1.16. The maximum absolute atomic E-state index is 12.4. The van der Waals surface area contributed by atoms with Crippen molar-refractivity contribution >= 4 is 17.8 Å². The molecule has 0 saturated carbocycles. The van der Waals surface area contributed by atoms with Crippen molar-refractivity contribution in [3.05, 3.63) is 35.9 Å². The van der Waals surface area contributed by atoms with Crippen LogP contribution in [0.3, 0.4) is 0 Å². The van der Waals surface area contributed by atoms with Gasteiger partial charge in [0, 0.05) is 6.92 Å². The van der Waals surface area contributed by atoms with Crippen molar-refractivity contribution in [2.75, 3.05) is 7.11 Å². The number of aliphatic hydroxyl groups is 1. The van der Waals surface area contributed by atoms with Gasteiger partial charge in [0.25, 0.3) is 5.91 Å². The predicted molar refractivity (Wildman–Crippen MR) is 79.1 cm³/mol. The van der Waals surface area contributed by atoms with Crippen LogP contribution < -0.4 is 0 Å². The summed E-state index contributed by atoms with van der Waals surface area (Å²) in [5.41, 5.74) is 0.702. The SMILES string of the molecule is COC(=O)[C@H]([C@@H](C)O)N1C(=O)[C@H](OC(C)=O)[C@@H]1c1ccccc1. The van der Waals surface area contributed by atoms with Gasteiger partial charge in [-0.1, -0.05) is 30.3 Å². The summed E-state index contributed by atoms with van der Waals surface area (Å²) in [6.07, 6.45) is -2.14. The zero-order chi connectivity index (χ0) is 17.1. The molecule has 7 nitrogen and oxygen atoms in total. The number of aliphatic hydroxyl groups excluding tert-OH is 1. The zero-order valence-electron chi connectivity index (χ0n) is 13.1. The molecule has 0 spiro atoms. The van der Waals surface area contributed by atoms with E-state index in [1.54, 1.807) is 24.3 Å². The molecule has 7 heteroatoms. The zero-order valence-corrected chi connectivity index (χ0v) is 13.1. The van der Waals surface area contributed by atoms with E-state index < -0.39 is 42.1 Å². The number of likely N-dealkylation sites (tertiary alicyclic amines) is 1. The van der Waals surface area contributed by atoms with E-state index in [1.807, 2.05) is 6.07 Å². The van der Waals surface area contributed by atoms with E-state index in [9.17, 15) is 19.5 Å². The quantitative estimate of drug-likeness (QED) is 0.624. The highest BCUT2D eigenvalue weighted by Gasteiger charge is 2.56. The molecule has 1 fully saturated rings. The number of methoxy groups -OCH3 is 1. The Labute approximate surface area is 133 Å². The molecule has 1 aliphatic rings. The van der Waals surface area contributed by atoms with Crippen molar-refractivity contribution in [2.24, 2.45) is 0 Å². The van der Waals surface area contributed by atoms with E-state index in [1.165, 1.54) is 25.9 Å². The van der Waals surface area contributed by atoms with Crippen LogP contribution in [0.25, 0.3) is 0 Å². The second-order valence-corrected chi connectivity index (χ2v) is 5.34. The van der Waals surface area contributed by atoms with E-state index >= 15 is 0 Å². The van der Waals surface area contributed by atoms with Crippen molar-refractivity contribution in [3.63, 3.8) is 0 Å². The van der Waals surface area contributed by atoms with Gasteiger partial charge in [-0.3, -0.25) is 9.59 Å². The lowest BCUT2D eigenvalue weighted by molar-refractivity contribution is -0.195. The summed E-state index contributed by atoms with van der Waals surface area (Å²) in [6.45, 7) is 2.61. The molecule has 0 aliphatic carbocycles. The molecule has 1 N–H and O–H groups in total. The van der Waals surface area contributed by atoms with Crippen LogP contribution in [0.1, 0.15) is 25.5 Å². The van der Waals surface area contributed by atoms with Gasteiger partial charge in [-0.25, -0.2) is 4.79 Å². The summed E-state index contributed by atoms with van der Waals surface area (Å²) >= 11 is 0. The Balaban J connectivity index is 2.38. The number of nitrogens with zero attached hydrogens (tertiary/aromatic N) is 1. The first kappa shape index (κ1) is 17.0. The molecule has 124 valence electrons. The standard InChI is InChI=1S/C16H19NO6/c1-9(18)12(16(21)22-3)17-13(11-7-5-4-6-8-11)14(15(17)20)23-10(2)19/h4-9,12-14,18H,1-3H3/t9-,12+,13+,14-/m1/s1. The lowest BCUT2D eigenvalue weighted by Crippen LogP contribution is -2.67. The second kappa shape index (κ2) is 6.78. The van der Waals surface area contributed by atoms with Gasteiger partial charge in [0.1, 0.15) is 6.04 Å². The van der Waals surface area contributed by atoms with Crippen LogP contribution in [0.4, 0.5) is 0 Å². The number of carbonyl (C=O) groups excluding carboxylic acids is 3. The highest BCUT2D eigenvalue weighted by Crippen LogP contribution is 2.39. The fraction of sp³-hybridized carbons (Fsp3) is 0.438. The molecule has 2 rings (SSSR count). The fourth-order valence-electron chi connectivity index (χ4n) is 2.74. The molecule has 1 heterocycles. The summed E-state index contributed by atoms with van der Waals surface area (Å²) in [5.74, 6) is -1.85. The number of amides is 1. The number of rotatable bonds is 5. The first-order valence-corrected chi connectivity index (χ1v) is 7.18. The third-order valence-corrected chi connectivity index (χ3v) is 3.72. The van der Waals surface area contributed by atoms with Crippen LogP contribution in [-0.4, -0.2) is 53.2 Å². The molecule has 1 aliphatic heterocycles. The number of β-lactam (4-membered cyclic amide) rings is 1. The molecular weight excluding hydrogens is 302 g/mol. The van der Waals surface area contributed by atoms with Crippen molar-refractivity contribution in [1.29, 1.82) is 0 Å². The van der Waals surface area contributed by atoms with Crippen LogP contribution in [-0.2, 0) is 23.9 Å². The largest absolute Gasteiger partial charge is 0.467 e. The third kappa shape index (κ3) is 3.19. The Morgan fingerprint density at radius 1 is 1.26 bits per heavy atom. The van der Waals surface area contributed by atoms with Crippen LogP contribution in [0.15, 0.2) is 30.3 Å². The molecule has 0 radical (unpaired) electrons. The topological polar surface area (TPSA) is 93.1 Å². The van der Waals surface area contributed by atoms with Crippen LogP contribution in [0.5, 0.6) is 0 Å². The Morgan fingerprint density at radius 2 is 1.87 bits per heavy atom. The Bertz CT molecular complexity index is 600. The normalized spacial score (nSPS) is 22.8. The lowest BCUT2D eigenvalue weighted by Gasteiger charge is -2.49. The smallest absolute Gasteiger partial charge is 0.331 e. The van der Waals surface area contributed by atoms with Gasteiger partial charge >= 0.3 is 11.9 Å². The van der Waals surface area contributed by atoms with E-state index in [2.05, 4.69) is 4.74 Å². The van der Waals surface area contributed by atoms with E-state index in [-0.39, 0.29) is 0 Å².